The van der Waals surface area contributed by atoms with E-state index in [1.807, 2.05) is 23.6 Å². The molecule has 1 aromatic heterocycles. The van der Waals surface area contributed by atoms with Crippen LogP contribution in [0.1, 0.15) is 5.56 Å². The molecule has 8 heteroatoms. The highest BCUT2D eigenvalue weighted by Crippen LogP contribution is 2.22. The van der Waals surface area contributed by atoms with E-state index in [4.69, 9.17) is 4.74 Å². The number of allylic oxidation sites excluding steroid dienone is 1. The van der Waals surface area contributed by atoms with Crippen LogP contribution in [-0.4, -0.2) is 31.8 Å². The van der Waals surface area contributed by atoms with Gasteiger partial charge >= 0.3 is 0 Å². The number of rotatable bonds is 6. The molecule has 2 aromatic carbocycles. The van der Waals surface area contributed by atoms with Gasteiger partial charge in [0.25, 0.3) is 5.91 Å². The molecule has 3 rings (SSSR count). The molecule has 0 unspecified atom stereocenters. The summed E-state index contributed by atoms with van der Waals surface area (Å²) in [5.41, 5.74) is 1.90. The van der Waals surface area contributed by atoms with Crippen LogP contribution < -0.4 is 9.54 Å². The van der Waals surface area contributed by atoms with Crippen LogP contribution in [0.5, 0.6) is 5.75 Å². The van der Waals surface area contributed by atoms with E-state index in [1.165, 1.54) is 11.3 Å². The van der Waals surface area contributed by atoms with Crippen molar-refractivity contribution in [1.82, 2.24) is 4.57 Å². The van der Waals surface area contributed by atoms with Crippen LogP contribution in [0.4, 0.5) is 0 Å². The van der Waals surface area contributed by atoms with Gasteiger partial charge in [0.05, 0.1) is 15.1 Å². The number of amides is 1. The summed E-state index contributed by atoms with van der Waals surface area (Å²) in [6.07, 6.45) is 2.86. The largest absolute Gasteiger partial charge is 0.484 e. The fraction of sp³-hybridized carbons (Fsp3) is 0.200. The molecule has 6 nitrogen and oxygen atoms in total. The maximum Gasteiger partial charge on any atom is 0.286 e. The lowest BCUT2D eigenvalue weighted by atomic mass is 10.2. The van der Waals surface area contributed by atoms with Gasteiger partial charge in [-0.15, -0.1) is 6.58 Å². The number of carbonyl (C=O) groups excluding carboxylic acids is 1. The highest BCUT2D eigenvalue weighted by molar-refractivity contribution is 7.90. The molecule has 1 amide bonds. The van der Waals surface area contributed by atoms with Crippen molar-refractivity contribution >= 4 is 37.3 Å². The van der Waals surface area contributed by atoms with Crippen LogP contribution in [-0.2, 0) is 21.2 Å². The van der Waals surface area contributed by atoms with Gasteiger partial charge in [-0.05, 0) is 37.3 Å². The van der Waals surface area contributed by atoms with E-state index in [9.17, 15) is 13.2 Å². The summed E-state index contributed by atoms with van der Waals surface area (Å²) in [4.78, 5) is 17.2. The Morgan fingerprint density at radius 1 is 1.25 bits per heavy atom. The number of benzene rings is 2. The van der Waals surface area contributed by atoms with Crippen LogP contribution >= 0.6 is 11.3 Å². The van der Waals surface area contributed by atoms with E-state index in [0.29, 0.717) is 17.1 Å². The van der Waals surface area contributed by atoms with Crippen LogP contribution in [0.25, 0.3) is 10.2 Å². The lowest BCUT2D eigenvalue weighted by molar-refractivity contribution is -0.120. The van der Waals surface area contributed by atoms with Gasteiger partial charge in [0.1, 0.15) is 5.75 Å². The van der Waals surface area contributed by atoms with Crippen molar-refractivity contribution in [3.8, 4) is 5.75 Å². The van der Waals surface area contributed by atoms with Gasteiger partial charge in [-0.3, -0.25) is 4.79 Å². The number of thiazole rings is 1. The lowest BCUT2D eigenvalue weighted by Gasteiger charge is -2.04. The lowest BCUT2D eigenvalue weighted by Crippen LogP contribution is -2.19. The average Bonchev–Trinajstić information content (AvgIpc) is 2.97. The second kappa shape index (κ2) is 8.12. The number of hydrogen-bond acceptors (Lipinski definition) is 5. The molecular formula is C20H20N2O4S2. The zero-order valence-corrected chi connectivity index (χ0v) is 17.2. The number of nitrogens with zero attached hydrogens (tertiary/aromatic N) is 2. The van der Waals surface area contributed by atoms with Crippen LogP contribution in [0, 0.1) is 6.92 Å². The molecule has 0 fully saturated rings. The van der Waals surface area contributed by atoms with E-state index in [2.05, 4.69) is 11.6 Å². The molecular weight excluding hydrogens is 396 g/mol. The third-order valence-electron chi connectivity index (χ3n) is 4.00. The molecule has 0 atom stereocenters. The highest BCUT2D eigenvalue weighted by Gasteiger charge is 2.12. The standard InChI is InChI=1S/C20H20N2O4S2/c1-4-11-22-17-10-9-16(28(3,24)25)12-18(17)27-20(22)21-19(23)13-26-15-7-5-14(2)6-8-15/h4-10,12H,1,11,13H2,2-3H3. The first-order valence-electron chi connectivity index (χ1n) is 8.49. The molecule has 0 saturated heterocycles. The number of hydrogen-bond donors (Lipinski definition) is 0. The zero-order valence-electron chi connectivity index (χ0n) is 15.6. The molecule has 0 aliphatic carbocycles. The Morgan fingerprint density at radius 2 is 1.96 bits per heavy atom. The normalized spacial score (nSPS) is 12.3. The van der Waals surface area contributed by atoms with Crippen molar-refractivity contribution in [3.05, 3.63) is 65.5 Å². The first kappa shape index (κ1) is 20.0. The maximum atomic E-state index is 12.3. The number of fused-ring (bicyclic) bond motifs is 1. The number of sulfone groups is 1. The van der Waals surface area contributed by atoms with E-state index in [0.717, 1.165) is 22.0 Å². The molecule has 0 spiro atoms. The predicted molar refractivity (Wildman–Crippen MR) is 110 cm³/mol. The third kappa shape index (κ3) is 4.58. The van der Waals surface area contributed by atoms with Gasteiger partial charge in [0.15, 0.2) is 21.2 Å². The van der Waals surface area contributed by atoms with Gasteiger partial charge < -0.3 is 9.30 Å². The molecule has 28 heavy (non-hydrogen) atoms. The molecule has 0 saturated carbocycles. The second-order valence-electron chi connectivity index (χ2n) is 6.29. The van der Waals surface area contributed by atoms with E-state index in [1.54, 1.807) is 36.4 Å². The SMILES string of the molecule is C=CCn1c(=NC(=O)COc2ccc(C)cc2)sc2cc(S(C)(=O)=O)ccc21. The van der Waals surface area contributed by atoms with Gasteiger partial charge in [0, 0.05) is 12.8 Å². The zero-order chi connectivity index (χ0) is 20.3. The number of ether oxygens (including phenoxy) is 1. The fourth-order valence-electron chi connectivity index (χ4n) is 2.59. The Morgan fingerprint density at radius 3 is 2.61 bits per heavy atom. The summed E-state index contributed by atoms with van der Waals surface area (Å²) >= 11 is 1.25. The van der Waals surface area contributed by atoms with Crippen molar-refractivity contribution in [3.63, 3.8) is 0 Å². The van der Waals surface area contributed by atoms with Gasteiger partial charge in [0.2, 0.25) is 0 Å². The highest BCUT2D eigenvalue weighted by atomic mass is 32.2. The third-order valence-corrected chi connectivity index (χ3v) is 6.15. The van der Waals surface area contributed by atoms with E-state index < -0.39 is 15.7 Å². The van der Waals surface area contributed by atoms with E-state index >= 15 is 0 Å². The monoisotopic (exact) mass is 416 g/mol. The number of carbonyl (C=O) groups is 1. The van der Waals surface area contributed by atoms with Crippen LogP contribution in [0.15, 0.2) is 65.0 Å². The summed E-state index contributed by atoms with van der Waals surface area (Å²) in [7, 11) is -3.32. The summed E-state index contributed by atoms with van der Waals surface area (Å²) in [5, 5.41) is 0. The fourth-order valence-corrected chi connectivity index (χ4v) is 4.41. The van der Waals surface area contributed by atoms with Gasteiger partial charge in [-0.25, -0.2) is 8.42 Å². The average molecular weight is 417 g/mol. The Balaban J connectivity index is 1.93. The Hall–Kier alpha value is -2.71. The summed E-state index contributed by atoms with van der Waals surface area (Å²) in [6.45, 7) is 5.98. The summed E-state index contributed by atoms with van der Waals surface area (Å²) < 4.78 is 31.6. The smallest absolute Gasteiger partial charge is 0.286 e. The first-order valence-corrected chi connectivity index (χ1v) is 11.2. The molecule has 0 aliphatic heterocycles. The maximum absolute atomic E-state index is 12.3. The van der Waals surface area contributed by atoms with Gasteiger partial charge in [-0.1, -0.05) is 35.1 Å². The van der Waals surface area contributed by atoms with Gasteiger partial charge in [-0.2, -0.15) is 4.99 Å². The Bertz CT molecular complexity index is 1200. The molecule has 0 aliphatic rings. The van der Waals surface area contributed by atoms with E-state index in [-0.39, 0.29) is 11.5 Å². The van der Waals surface area contributed by atoms with Crippen LogP contribution in [0.3, 0.4) is 0 Å². The minimum Gasteiger partial charge on any atom is -0.484 e. The summed E-state index contributed by atoms with van der Waals surface area (Å²) in [6, 6.07) is 12.3. The second-order valence-corrected chi connectivity index (χ2v) is 9.32. The molecule has 0 radical (unpaired) electrons. The molecule has 3 aromatic rings. The van der Waals surface area contributed by atoms with Crippen molar-refractivity contribution in [1.29, 1.82) is 0 Å². The minimum atomic E-state index is -3.32. The summed E-state index contributed by atoms with van der Waals surface area (Å²) in [5.74, 6) is 0.176. The Labute approximate surface area is 167 Å². The predicted octanol–water partition coefficient (Wildman–Crippen LogP) is 3.11. The van der Waals surface area contributed by atoms with Crippen molar-refractivity contribution < 1.29 is 17.9 Å². The van der Waals surface area contributed by atoms with Crippen molar-refractivity contribution in [2.75, 3.05) is 12.9 Å². The minimum absolute atomic E-state index is 0.181. The number of aromatic nitrogens is 1. The Kier molecular flexibility index (Phi) is 5.81. The quantitative estimate of drug-likeness (QED) is 0.579. The topological polar surface area (TPSA) is 77.7 Å². The molecule has 0 bridgehead atoms. The molecule has 0 N–H and O–H groups in total. The first-order chi connectivity index (χ1) is 13.3. The molecule has 1 heterocycles. The van der Waals surface area contributed by atoms with Crippen molar-refractivity contribution in [2.24, 2.45) is 4.99 Å². The van der Waals surface area contributed by atoms with Crippen LogP contribution in [0.2, 0.25) is 0 Å². The van der Waals surface area contributed by atoms with Crippen molar-refractivity contribution in [2.45, 2.75) is 18.4 Å². The molecule has 146 valence electrons. The number of aryl methyl sites for hydroxylation is 1.